The van der Waals surface area contributed by atoms with Gasteiger partial charge in [0.1, 0.15) is 12.6 Å². The maximum atomic E-state index is 12.8. The van der Waals surface area contributed by atoms with Crippen LogP contribution in [0.1, 0.15) is 226 Å². The summed E-state index contributed by atoms with van der Waals surface area (Å²) < 4.78 is 17.2. The molecule has 8 nitrogen and oxygen atoms in total. The predicted octanol–water partition coefficient (Wildman–Crippen LogP) is 14.0. The molecule has 0 aliphatic rings. The molecule has 2 atom stereocenters. The fraction of sp³-hybridized carbons (Fsp3) is 0.768. The van der Waals surface area contributed by atoms with E-state index in [1.54, 1.807) is 21.1 Å². The van der Waals surface area contributed by atoms with Crippen LogP contribution < -0.4 is 5.11 Å². The predicted molar refractivity (Wildman–Crippen MR) is 268 cm³/mol. The van der Waals surface area contributed by atoms with Crippen LogP contribution in [0.15, 0.2) is 60.8 Å². The third-order valence-electron chi connectivity index (χ3n) is 11.7. The number of rotatable bonds is 47. The van der Waals surface area contributed by atoms with E-state index in [-0.39, 0.29) is 42.7 Å². The molecule has 0 amide bonds. The Morgan fingerprint density at radius 2 is 0.828 bits per heavy atom. The van der Waals surface area contributed by atoms with E-state index in [2.05, 4.69) is 74.6 Å². The molecule has 0 aliphatic heterocycles. The summed E-state index contributed by atoms with van der Waals surface area (Å²) in [5.41, 5.74) is 0. The Bertz CT molecular complexity index is 1230. The number of esters is 2. The molecule has 0 saturated heterocycles. The van der Waals surface area contributed by atoms with Crippen LogP contribution in [0, 0.1) is 0 Å². The molecule has 0 aliphatic carbocycles. The maximum Gasteiger partial charge on any atom is 0.306 e. The molecule has 0 saturated carbocycles. The lowest BCUT2D eigenvalue weighted by Crippen LogP contribution is -2.55. The molecule has 0 fully saturated rings. The van der Waals surface area contributed by atoms with Crippen LogP contribution in [0.25, 0.3) is 0 Å². The minimum absolute atomic E-state index is 0.0271. The van der Waals surface area contributed by atoms with E-state index in [0.717, 1.165) is 57.8 Å². The van der Waals surface area contributed by atoms with Crippen molar-refractivity contribution in [2.24, 2.45) is 0 Å². The van der Waals surface area contributed by atoms with Crippen molar-refractivity contribution in [2.75, 3.05) is 41.0 Å². The molecule has 64 heavy (non-hydrogen) atoms. The summed E-state index contributed by atoms with van der Waals surface area (Å²) in [6.45, 7) is 4.61. The van der Waals surface area contributed by atoms with Gasteiger partial charge in [-0.1, -0.05) is 203 Å². The minimum Gasteiger partial charge on any atom is -0.544 e. The van der Waals surface area contributed by atoms with Crippen LogP contribution in [0.5, 0.6) is 0 Å². The zero-order valence-electron chi connectivity index (χ0n) is 42.2. The van der Waals surface area contributed by atoms with Gasteiger partial charge in [-0.25, -0.2) is 0 Å². The summed E-state index contributed by atoms with van der Waals surface area (Å²) >= 11 is 0. The topological polar surface area (TPSA) is 102 Å². The van der Waals surface area contributed by atoms with Crippen molar-refractivity contribution in [1.29, 1.82) is 0 Å². The first kappa shape index (κ1) is 61.0. The van der Waals surface area contributed by atoms with Gasteiger partial charge < -0.3 is 28.6 Å². The van der Waals surface area contributed by atoms with Gasteiger partial charge in [0.25, 0.3) is 0 Å². The fourth-order valence-corrected chi connectivity index (χ4v) is 7.56. The number of hydrogen-bond donors (Lipinski definition) is 0. The molecule has 0 N–H and O–H groups in total. The van der Waals surface area contributed by atoms with E-state index in [1.807, 2.05) is 0 Å². The number of ether oxygens (including phenoxy) is 3. The van der Waals surface area contributed by atoms with Gasteiger partial charge in [-0.3, -0.25) is 9.59 Å². The number of allylic oxidation sites excluding steroid dienone is 10. The van der Waals surface area contributed by atoms with Gasteiger partial charge in [-0.15, -0.1) is 0 Å². The lowest BCUT2D eigenvalue weighted by molar-refractivity contribution is -0.889. The Balaban J connectivity index is 4.31. The number of carbonyl (C=O) groups excluding carboxylic acids is 3. The van der Waals surface area contributed by atoms with Crippen molar-refractivity contribution in [3.8, 4) is 0 Å². The summed E-state index contributed by atoms with van der Waals surface area (Å²) in [5.74, 6) is -1.78. The molecular weight excluding hydrogens is 799 g/mol. The molecule has 0 bridgehead atoms. The SMILES string of the molecule is CCCCC/C=C/C/C=C/C/C=C/C/C=C/C/C=C/CCCCC(=O)OCC(COCCC(C(=O)[O-])[N+](C)(C)C)OC(=O)CCCCCCCCCCCCCCCCCCCCC. The van der Waals surface area contributed by atoms with Gasteiger partial charge >= 0.3 is 11.9 Å². The molecule has 0 aromatic carbocycles. The Morgan fingerprint density at radius 3 is 1.25 bits per heavy atom. The van der Waals surface area contributed by atoms with E-state index in [1.165, 1.54) is 128 Å². The van der Waals surface area contributed by atoms with Crippen LogP contribution in [0.3, 0.4) is 0 Å². The number of likely N-dealkylation sites (N-methyl/N-ethyl adjacent to an activating group) is 1. The lowest BCUT2D eigenvalue weighted by atomic mass is 10.0. The lowest BCUT2D eigenvalue weighted by Gasteiger charge is -2.34. The van der Waals surface area contributed by atoms with E-state index < -0.39 is 18.1 Å². The smallest absolute Gasteiger partial charge is 0.306 e. The molecule has 370 valence electrons. The Kier molecular flexibility index (Phi) is 44.4. The zero-order chi connectivity index (χ0) is 47.0. The van der Waals surface area contributed by atoms with E-state index in [9.17, 15) is 19.5 Å². The standard InChI is InChI=1S/C56H99NO7/c1-6-8-10-12-14-16-18-20-22-24-26-27-29-30-32-34-36-38-40-42-44-46-54(58)63-51-52(50-62-49-48-53(56(60)61)57(3,4)5)64-55(59)47-45-43-41-39-37-35-33-31-28-25-23-21-19-17-15-13-11-9-7-2/h14,16,20,22,26-27,30,32,36,38,52-53H,6-13,15,17-19,21,23-25,28-29,31,33-35,37,39-51H2,1-5H3/b16-14+,22-20+,27-26+,32-30+,38-36+. The molecule has 0 spiro atoms. The Hall–Kier alpha value is -2.97. The number of carboxylic acids is 1. The summed E-state index contributed by atoms with van der Waals surface area (Å²) in [6, 6.07) is -0.734. The molecule has 0 rings (SSSR count). The van der Waals surface area contributed by atoms with Crippen molar-refractivity contribution in [3.05, 3.63) is 60.8 Å². The van der Waals surface area contributed by atoms with Gasteiger partial charge in [0.15, 0.2) is 6.10 Å². The highest BCUT2D eigenvalue weighted by Gasteiger charge is 2.25. The highest BCUT2D eigenvalue weighted by molar-refractivity contribution is 5.70. The number of quaternary nitrogens is 1. The second-order valence-corrected chi connectivity index (χ2v) is 18.8. The van der Waals surface area contributed by atoms with Crippen molar-refractivity contribution < 1.29 is 38.2 Å². The second kappa shape index (κ2) is 46.6. The number of unbranched alkanes of at least 4 members (excludes halogenated alkanes) is 23. The average Bonchev–Trinajstić information content (AvgIpc) is 3.26. The average molecular weight is 898 g/mol. The molecule has 0 aromatic heterocycles. The first-order valence-electron chi connectivity index (χ1n) is 26.3. The maximum absolute atomic E-state index is 12.8. The normalized spacial score (nSPS) is 13.3. The summed E-state index contributed by atoms with van der Waals surface area (Å²) in [6.07, 6.45) is 58.2. The van der Waals surface area contributed by atoms with Crippen molar-refractivity contribution >= 4 is 17.9 Å². The summed E-state index contributed by atoms with van der Waals surface area (Å²) in [4.78, 5) is 37.0. The minimum atomic E-state index is -1.13. The highest BCUT2D eigenvalue weighted by Crippen LogP contribution is 2.16. The molecule has 0 heterocycles. The first-order chi connectivity index (χ1) is 31.1. The third kappa shape index (κ3) is 44.2. The third-order valence-corrected chi connectivity index (χ3v) is 11.7. The number of carbonyl (C=O) groups is 3. The van der Waals surface area contributed by atoms with Gasteiger partial charge in [0, 0.05) is 19.3 Å². The Morgan fingerprint density at radius 1 is 0.469 bits per heavy atom. The van der Waals surface area contributed by atoms with Gasteiger partial charge in [-0.2, -0.15) is 0 Å². The number of nitrogens with zero attached hydrogens (tertiary/aromatic N) is 1. The largest absolute Gasteiger partial charge is 0.544 e. The van der Waals surface area contributed by atoms with Gasteiger partial charge in [0.05, 0.1) is 40.3 Å². The van der Waals surface area contributed by atoms with Gasteiger partial charge in [-0.05, 0) is 64.2 Å². The Labute approximate surface area is 394 Å². The highest BCUT2D eigenvalue weighted by atomic mass is 16.6. The molecule has 2 unspecified atom stereocenters. The number of carboxylic acid groups (broad SMARTS) is 1. The monoisotopic (exact) mass is 898 g/mol. The molecular formula is C56H99NO7. The van der Waals surface area contributed by atoms with Crippen molar-refractivity contribution in [3.63, 3.8) is 0 Å². The van der Waals surface area contributed by atoms with Crippen molar-refractivity contribution in [2.45, 2.75) is 238 Å². The van der Waals surface area contributed by atoms with Crippen molar-refractivity contribution in [1.82, 2.24) is 0 Å². The quantitative estimate of drug-likeness (QED) is 0.0259. The fourth-order valence-electron chi connectivity index (χ4n) is 7.56. The molecule has 0 radical (unpaired) electrons. The van der Waals surface area contributed by atoms with Crippen LogP contribution in [-0.4, -0.2) is 75.5 Å². The first-order valence-corrected chi connectivity index (χ1v) is 26.3. The number of hydrogen-bond acceptors (Lipinski definition) is 7. The van der Waals surface area contributed by atoms with Crippen LogP contribution in [0.4, 0.5) is 0 Å². The van der Waals surface area contributed by atoms with E-state index in [4.69, 9.17) is 14.2 Å². The number of aliphatic carboxylic acids is 1. The van der Waals surface area contributed by atoms with E-state index in [0.29, 0.717) is 19.3 Å². The molecule has 8 heteroatoms. The van der Waals surface area contributed by atoms with Gasteiger partial charge in [0.2, 0.25) is 0 Å². The van der Waals surface area contributed by atoms with E-state index >= 15 is 0 Å². The van der Waals surface area contributed by atoms with Crippen LogP contribution >= 0.6 is 0 Å². The van der Waals surface area contributed by atoms with Crippen LogP contribution in [0.2, 0.25) is 0 Å². The van der Waals surface area contributed by atoms with Crippen LogP contribution in [-0.2, 0) is 28.6 Å². The zero-order valence-corrected chi connectivity index (χ0v) is 42.2. The summed E-state index contributed by atoms with van der Waals surface area (Å²) in [7, 11) is 5.40. The second-order valence-electron chi connectivity index (χ2n) is 18.8. The molecule has 0 aromatic rings. The summed E-state index contributed by atoms with van der Waals surface area (Å²) in [5, 5.41) is 11.7.